The van der Waals surface area contributed by atoms with Crippen LogP contribution in [0.25, 0.3) is 0 Å². The van der Waals surface area contributed by atoms with Gasteiger partial charge in [0.05, 0.1) is 16.8 Å². The molecule has 0 radical (unpaired) electrons. The number of hydrogen-bond donors (Lipinski definition) is 2. The average Bonchev–Trinajstić information content (AvgIpc) is 2.46. The highest BCUT2D eigenvalue weighted by atomic mass is 127. The van der Waals surface area contributed by atoms with Gasteiger partial charge in [0.15, 0.2) is 0 Å². The Morgan fingerprint density at radius 1 is 1.14 bits per heavy atom. The predicted octanol–water partition coefficient (Wildman–Crippen LogP) is 2.85. The number of halogens is 1. The van der Waals surface area contributed by atoms with Crippen molar-refractivity contribution in [2.45, 2.75) is 0 Å². The molecule has 0 fully saturated rings. The van der Waals surface area contributed by atoms with Gasteiger partial charge in [0.2, 0.25) is 0 Å². The highest BCUT2D eigenvalue weighted by Crippen LogP contribution is 2.25. The summed E-state index contributed by atoms with van der Waals surface area (Å²) in [4.78, 5) is 25.2. The van der Waals surface area contributed by atoms with Gasteiger partial charge in [-0.15, -0.1) is 0 Å². The summed E-state index contributed by atoms with van der Waals surface area (Å²) >= 11 is 2.07. The van der Waals surface area contributed by atoms with E-state index < -0.39 is 5.97 Å². The van der Waals surface area contributed by atoms with Crippen LogP contribution in [0.1, 0.15) is 20.7 Å². The molecule has 0 aliphatic carbocycles. The Labute approximate surface area is 135 Å². The van der Waals surface area contributed by atoms with Gasteiger partial charge in [-0.25, -0.2) is 4.79 Å². The molecule has 0 unspecified atom stereocenters. The van der Waals surface area contributed by atoms with Crippen LogP contribution in [-0.4, -0.2) is 24.0 Å². The van der Waals surface area contributed by atoms with Gasteiger partial charge in [0.1, 0.15) is 0 Å². The molecular formula is C15H13IN2O3. The van der Waals surface area contributed by atoms with Gasteiger partial charge in [0.25, 0.3) is 5.91 Å². The van der Waals surface area contributed by atoms with Gasteiger partial charge in [0, 0.05) is 16.3 Å². The van der Waals surface area contributed by atoms with Crippen molar-refractivity contribution >= 4 is 45.8 Å². The Hall–Kier alpha value is -2.09. The minimum atomic E-state index is -1.13. The van der Waals surface area contributed by atoms with Gasteiger partial charge >= 0.3 is 5.97 Å². The van der Waals surface area contributed by atoms with E-state index in [1.165, 1.54) is 17.0 Å². The quantitative estimate of drug-likeness (QED) is 0.618. The van der Waals surface area contributed by atoms with Crippen LogP contribution in [0.3, 0.4) is 0 Å². The number of rotatable bonds is 3. The van der Waals surface area contributed by atoms with E-state index in [4.69, 9.17) is 5.73 Å². The molecule has 6 heteroatoms. The number of anilines is 2. The Morgan fingerprint density at radius 3 is 2.43 bits per heavy atom. The van der Waals surface area contributed by atoms with Crippen LogP contribution >= 0.6 is 22.6 Å². The molecule has 0 bridgehead atoms. The normalized spacial score (nSPS) is 10.2. The fourth-order valence-electron chi connectivity index (χ4n) is 1.94. The molecule has 0 aliphatic heterocycles. The second-order valence-electron chi connectivity index (χ2n) is 4.43. The summed E-state index contributed by atoms with van der Waals surface area (Å²) in [5, 5.41) is 9.25. The van der Waals surface area contributed by atoms with E-state index in [0.29, 0.717) is 16.9 Å². The first-order valence-corrected chi connectivity index (χ1v) is 7.15. The number of carboxylic acids is 1. The van der Waals surface area contributed by atoms with Crippen molar-refractivity contribution in [3.8, 4) is 0 Å². The molecule has 1 amide bonds. The average molecular weight is 396 g/mol. The van der Waals surface area contributed by atoms with Gasteiger partial charge < -0.3 is 15.7 Å². The van der Waals surface area contributed by atoms with Crippen LogP contribution in [0.4, 0.5) is 11.4 Å². The lowest BCUT2D eigenvalue weighted by atomic mass is 10.1. The molecule has 0 saturated carbocycles. The van der Waals surface area contributed by atoms with Crippen LogP contribution in [-0.2, 0) is 0 Å². The van der Waals surface area contributed by atoms with Crippen LogP contribution < -0.4 is 10.6 Å². The lowest BCUT2D eigenvalue weighted by molar-refractivity contribution is 0.0698. The largest absolute Gasteiger partial charge is 0.478 e. The number of amides is 1. The number of benzene rings is 2. The zero-order valence-electron chi connectivity index (χ0n) is 11.2. The molecule has 2 rings (SSSR count). The monoisotopic (exact) mass is 396 g/mol. The lowest BCUT2D eigenvalue weighted by Crippen LogP contribution is -2.28. The highest BCUT2D eigenvalue weighted by Gasteiger charge is 2.21. The van der Waals surface area contributed by atoms with Crippen LogP contribution in [0.5, 0.6) is 0 Å². The molecule has 0 saturated heterocycles. The standard InChI is InChI=1S/C15H13IN2O3/c1-18(14(19)10-4-2-3-5-12(10)16)13-7-6-9(17)8-11(13)15(20)21/h2-8H,17H2,1H3,(H,20,21). The second-order valence-corrected chi connectivity index (χ2v) is 5.59. The van der Waals surface area contributed by atoms with Crippen molar-refractivity contribution in [2.75, 3.05) is 17.7 Å². The van der Waals surface area contributed by atoms with Crippen molar-refractivity contribution in [3.63, 3.8) is 0 Å². The van der Waals surface area contributed by atoms with E-state index in [0.717, 1.165) is 3.57 Å². The Balaban J connectivity index is 2.45. The molecule has 2 aromatic rings. The summed E-state index contributed by atoms with van der Waals surface area (Å²) < 4.78 is 0.805. The van der Waals surface area contributed by atoms with E-state index in [2.05, 4.69) is 22.6 Å². The molecule has 0 heterocycles. The number of nitrogens with two attached hydrogens (primary N) is 1. The number of hydrogen-bond acceptors (Lipinski definition) is 3. The van der Waals surface area contributed by atoms with E-state index in [1.807, 2.05) is 12.1 Å². The third-order valence-electron chi connectivity index (χ3n) is 3.02. The van der Waals surface area contributed by atoms with E-state index in [1.54, 1.807) is 25.2 Å². The van der Waals surface area contributed by atoms with Crippen molar-refractivity contribution in [3.05, 3.63) is 57.2 Å². The first-order valence-electron chi connectivity index (χ1n) is 6.07. The molecule has 21 heavy (non-hydrogen) atoms. The van der Waals surface area contributed by atoms with E-state index >= 15 is 0 Å². The number of nitrogens with zero attached hydrogens (tertiary/aromatic N) is 1. The zero-order valence-corrected chi connectivity index (χ0v) is 13.4. The summed E-state index contributed by atoms with van der Waals surface area (Å²) in [6, 6.07) is 11.6. The summed E-state index contributed by atoms with van der Waals surface area (Å²) in [6.45, 7) is 0. The molecule has 3 N–H and O–H groups in total. The first kappa shape index (κ1) is 15.3. The van der Waals surface area contributed by atoms with Crippen molar-refractivity contribution < 1.29 is 14.7 Å². The van der Waals surface area contributed by atoms with Gasteiger partial charge in [-0.1, -0.05) is 12.1 Å². The maximum atomic E-state index is 12.5. The summed E-state index contributed by atoms with van der Waals surface area (Å²) in [7, 11) is 1.55. The highest BCUT2D eigenvalue weighted by molar-refractivity contribution is 14.1. The van der Waals surface area contributed by atoms with Crippen LogP contribution in [0.15, 0.2) is 42.5 Å². The molecular weight excluding hydrogens is 383 g/mol. The fraction of sp³-hybridized carbons (Fsp3) is 0.0667. The van der Waals surface area contributed by atoms with E-state index in [-0.39, 0.29) is 11.5 Å². The Bertz CT molecular complexity index is 716. The second kappa shape index (κ2) is 6.13. The zero-order chi connectivity index (χ0) is 15.6. The summed E-state index contributed by atoms with van der Waals surface area (Å²) in [6.07, 6.45) is 0. The molecule has 0 aliphatic rings. The number of carboxylic acid groups (broad SMARTS) is 1. The third-order valence-corrected chi connectivity index (χ3v) is 3.96. The first-order chi connectivity index (χ1) is 9.91. The number of carbonyl (C=O) groups excluding carboxylic acids is 1. The SMILES string of the molecule is CN(C(=O)c1ccccc1I)c1ccc(N)cc1C(=O)O. The maximum absolute atomic E-state index is 12.5. The summed E-state index contributed by atoms with van der Waals surface area (Å²) in [5.74, 6) is -1.40. The topological polar surface area (TPSA) is 83.6 Å². The minimum absolute atomic E-state index is 0.00297. The molecule has 2 aromatic carbocycles. The van der Waals surface area contributed by atoms with Crippen molar-refractivity contribution in [1.82, 2.24) is 0 Å². The Morgan fingerprint density at radius 2 is 1.81 bits per heavy atom. The predicted molar refractivity (Wildman–Crippen MR) is 89.7 cm³/mol. The van der Waals surface area contributed by atoms with E-state index in [9.17, 15) is 14.7 Å². The minimum Gasteiger partial charge on any atom is -0.478 e. The maximum Gasteiger partial charge on any atom is 0.337 e. The molecule has 108 valence electrons. The third kappa shape index (κ3) is 3.15. The fourth-order valence-corrected chi connectivity index (χ4v) is 2.56. The molecule has 0 spiro atoms. The number of aromatic carboxylic acids is 1. The smallest absolute Gasteiger partial charge is 0.337 e. The van der Waals surface area contributed by atoms with Crippen LogP contribution in [0.2, 0.25) is 0 Å². The van der Waals surface area contributed by atoms with Gasteiger partial charge in [-0.05, 0) is 52.9 Å². The Kier molecular flexibility index (Phi) is 4.46. The van der Waals surface area contributed by atoms with Gasteiger partial charge in [-0.2, -0.15) is 0 Å². The van der Waals surface area contributed by atoms with Crippen molar-refractivity contribution in [1.29, 1.82) is 0 Å². The van der Waals surface area contributed by atoms with Crippen molar-refractivity contribution in [2.24, 2.45) is 0 Å². The summed E-state index contributed by atoms with van der Waals surface area (Å²) in [5.41, 5.74) is 6.77. The lowest BCUT2D eigenvalue weighted by Gasteiger charge is -2.20. The molecule has 5 nitrogen and oxygen atoms in total. The molecule has 0 atom stereocenters. The number of carbonyl (C=O) groups is 2. The van der Waals surface area contributed by atoms with Crippen LogP contribution in [0, 0.1) is 3.57 Å². The molecule has 0 aromatic heterocycles. The number of nitrogen functional groups attached to an aromatic ring is 1. The van der Waals surface area contributed by atoms with Gasteiger partial charge in [-0.3, -0.25) is 4.79 Å².